The van der Waals surface area contributed by atoms with Gasteiger partial charge in [0.05, 0.1) is 11.7 Å². The van der Waals surface area contributed by atoms with Gasteiger partial charge >= 0.3 is 5.97 Å². The van der Waals surface area contributed by atoms with E-state index in [-0.39, 0.29) is 12.7 Å². The Bertz CT molecular complexity index is 1500. The highest BCUT2D eigenvalue weighted by Gasteiger charge is 2.35. The fourth-order valence-electron chi connectivity index (χ4n) is 4.35. The highest BCUT2D eigenvalue weighted by Crippen LogP contribution is 2.38. The molecule has 7 nitrogen and oxygen atoms in total. The van der Waals surface area contributed by atoms with Crippen molar-refractivity contribution in [3.63, 3.8) is 0 Å². The molecule has 200 valence electrons. The maximum Gasteiger partial charge on any atom is 0.338 e. The molecule has 9 heteroatoms. The number of hydrogen-bond acceptors (Lipinski definition) is 7. The van der Waals surface area contributed by atoms with Crippen LogP contribution in [0.4, 0.5) is 5.95 Å². The van der Waals surface area contributed by atoms with Crippen molar-refractivity contribution in [2.45, 2.75) is 50.4 Å². The molecule has 0 spiro atoms. The summed E-state index contributed by atoms with van der Waals surface area (Å²) < 4.78 is 13.5. The molecule has 1 aliphatic rings. The van der Waals surface area contributed by atoms with Gasteiger partial charge in [0, 0.05) is 16.5 Å². The van der Waals surface area contributed by atoms with Crippen molar-refractivity contribution >= 4 is 35.3 Å². The van der Waals surface area contributed by atoms with Crippen LogP contribution in [-0.4, -0.2) is 26.8 Å². The first kappa shape index (κ1) is 26.8. The van der Waals surface area contributed by atoms with Crippen LogP contribution in [0.2, 0.25) is 5.02 Å². The van der Waals surface area contributed by atoms with Crippen LogP contribution in [0.3, 0.4) is 0 Å². The number of anilines is 1. The average Bonchev–Trinajstić information content (AvgIpc) is 3.33. The second kappa shape index (κ2) is 12.0. The predicted molar refractivity (Wildman–Crippen MR) is 154 cm³/mol. The Hall–Kier alpha value is -3.75. The number of nitrogens with zero attached hydrogens (tertiary/aromatic N) is 3. The van der Waals surface area contributed by atoms with E-state index in [0.29, 0.717) is 38.9 Å². The molecule has 0 aliphatic carbocycles. The third-order valence-electron chi connectivity index (χ3n) is 6.13. The molecular weight excluding hydrogens is 532 g/mol. The van der Waals surface area contributed by atoms with Gasteiger partial charge in [0.1, 0.15) is 18.4 Å². The fraction of sp³-hybridized carbons (Fsp3) is 0.233. The third kappa shape index (κ3) is 6.29. The quantitative estimate of drug-likeness (QED) is 0.174. The standard InChI is InChI=1S/C30H29ClN4O3S/c1-19(2)38-24-14-9-13-22(16-24)27-26(28(36)37-17-21-10-5-4-6-11-21)20(3)32-29-33-30(34-35(27)29)39-18-23-12-7-8-15-25(23)31/h4-16,19,27H,17-18H2,1-3H3,(H,32,33,34). The van der Waals surface area contributed by atoms with Gasteiger partial charge in [0.25, 0.3) is 0 Å². The molecule has 0 radical (unpaired) electrons. The van der Waals surface area contributed by atoms with Gasteiger partial charge in [-0.1, -0.05) is 84.0 Å². The van der Waals surface area contributed by atoms with E-state index < -0.39 is 12.0 Å². The summed E-state index contributed by atoms with van der Waals surface area (Å²) in [5.41, 5.74) is 3.88. The SMILES string of the molecule is CC1=C(C(=O)OCc2ccccc2)C(c2cccc(OC(C)C)c2)n2nc(SCc3ccccc3Cl)nc2N1. The van der Waals surface area contributed by atoms with Crippen molar-refractivity contribution in [3.8, 4) is 5.75 Å². The summed E-state index contributed by atoms with van der Waals surface area (Å²) in [5.74, 6) is 1.46. The van der Waals surface area contributed by atoms with E-state index >= 15 is 0 Å². The maximum atomic E-state index is 13.6. The van der Waals surface area contributed by atoms with Crippen LogP contribution in [0.5, 0.6) is 5.75 Å². The Labute approximate surface area is 237 Å². The maximum absolute atomic E-state index is 13.6. The number of halogens is 1. The normalized spacial score (nSPS) is 14.6. The molecule has 2 heterocycles. The van der Waals surface area contributed by atoms with Crippen LogP contribution in [0.15, 0.2) is 95.3 Å². The first-order valence-electron chi connectivity index (χ1n) is 12.7. The van der Waals surface area contributed by atoms with Crippen molar-refractivity contribution in [1.82, 2.24) is 14.8 Å². The van der Waals surface area contributed by atoms with E-state index in [4.69, 9.17) is 31.2 Å². The van der Waals surface area contributed by atoms with E-state index in [9.17, 15) is 4.79 Å². The molecule has 3 aromatic carbocycles. The van der Waals surface area contributed by atoms with Crippen LogP contribution in [-0.2, 0) is 21.9 Å². The number of aromatic nitrogens is 3. The number of fused-ring (bicyclic) bond motifs is 1. The molecule has 1 unspecified atom stereocenters. The first-order valence-corrected chi connectivity index (χ1v) is 14.0. The zero-order valence-electron chi connectivity index (χ0n) is 21.9. The Kier molecular flexibility index (Phi) is 8.24. The summed E-state index contributed by atoms with van der Waals surface area (Å²) >= 11 is 7.83. The first-order chi connectivity index (χ1) is 18.9. The number of carbonyl (C=O) groups is 1. The monoisotopic (exact) mass is 560 g/mol. The molecule has 1 aliphatic heterocycles. The second-order valence-corrected chi connectivity index (χ2v) is 10.8. The van der Waals surface area contributed by atoms with Crippen LogP contribution in [0.25, 0.3) is 0 Å². The lowest BCUT2D eigenvalue weighted by atomic mass is 9.95. The van der Waals surface area contributed by atoms with Crippen LogP contribution < -0.4 is 10.1 Å². The largest absolute Gasteiger partial charge is 0.491 e. The van der Waals surface area contributed by atoms with E-state index in [1.807, 2.05) is 99.6 Å². The van der Waals surface area contributed by atoms with E-state index in [1.165, 1.54) is 11.8 Å². The number of hydrogen-bond donors (Lipinski definition) is 1. The van der Waals surface area contributed by atoms with Crippen molar-refractivity contribution < 1.29 is 14.3 Å². The molecule has 1 N–H and O–H groups in total. The smallest absolute Gasteiger partial charge is 0.338 e. The Balaban J connectivity index is 1.48. The molecule has 1 atom stereocenters. The zero-order chi connectivity index (χ0) is 27.4. The van der Waals surface area contributed by atoms with Gasteiger partial charge in [-0.2, -0.15) is 4.98 Å². The van der Waals surface area contributed by atoms with Gasteiger partial charge in [-0.05, 0) is 55.7 Å². The summed E-state index contributed by atoms with van der Waals surface area (Å²) in [7, 11) is 0. The lowest BCUT2D eigenvalue weighted by Crippen LogP contribution is -2.29. The van der Waals surface area contributed by atoms with Gasteiger partial charge in [0.15, 0.2) is 0 Å². The number of allylic oxidation sites excluding steroid dienone is 1. The minimum absolute atomic E-state index is 0.00982. The van der Waals surface area contributed by atoms with E-state index in [0.717, 1.165) is 16.7 Å². The lowest BCUT2D eigenvalue weighted by molar-refractivity contribution is -0.140. The molecule has 0 fully saturated rings. The van der Waals surface area contributed by atoms with Gasteiger partial charge in [-0.3, -0.25) is 0 Å². The third-order valence-corrected chi connectivity index (χ3v) is 7.38. The van der Waals surface area contributed by atoms with Gasteiger partial charge in [-0.25, -0.2) is 9.48 Å². The molecule has 0 amide bonds. The summed E-state index contributed by atoms with van der Waals surface area (Å²) in [4.78, 5) is 18.3. The molecule has 1 aromatic heterocycles. The lowest BCUT2D eigenvalue weighted by Gasteiger charge is -2.28. The highest BCUT2D eigenvalue weighted by molar-refractivity contribution is 7.98. The number of rotatable bonds is 9. The predicted octanol–water partition coefficient (Wildman–Crippen LogP) is 7.04. The van der Waals surface area contributed by atoms with Gasteiger partial charge in [0.2, 0.25) is 11.1 Å². The average molecular weight is 561 g/mol. The highest BCUT2D eigenvalue weighted by atomic mass is 35.5. The molecule has 0 bridgehead atoms. The fourth-order valence-corrected chi connectivity index (χ4v) is 5.47. The number of benzene rings is 3. The molecule has 0 saturated carbocycles. The second-order valence-electron chi connectivity index (χ2n) is 9.41. The summed E-state index contributed by atoms with van der Waals surface area (Å²) in [6, 6.07) is 24.5. The summed E-state index contributed by atoms with van der Waals surface area (Å²) in [5, 5.41) is 9.35. The Morgan fingerprint density at radius 2 is 1.85 bits per heavy atom. The summed E-state index contributed by atoms with van der Waals surface area (Å²) in [6.45, 7) is 5.98. The molecule has 0 saturated heterocycles. The van der Waals surface area contributed by atoms with Crippen molar-refractivity contribution in [2.75, 3.05) is 5.32 Å². The summed E-state index contributed by atoms with van der Waals surface area (Å²) in [6.07, 6.45) is 0.00982. The Morgan fingerprint density at radius 3 is 2.62 bits per heavy atom. The number of thioether (sulfide) groups is 1. The number of esters is 1. The van der Waals surface area contributed by atoms with Crippen molar-refractivity contribution in [2.24, 2.45) is 0 Å². The van der Waals surface area contributed by atoms with E-state index in [1.54, 1.807) is 4.68 Å². The zero-order valence-corrected chi connectivity index (χ0v) is 23.5. The molecular formula is C30H29ClN4O3S. The van der Waals surface area contributed by atoms with Crippen molar-refractivity contribution in [1.29, 1.82) is 0 Å². The van der Waals surface area contributed by atoms with Crippen LogP contribution in [0.1, 0.15) is 43.5 Å². The van der Waals surface area contributed by atoms with Crippen LogP contribution >= 0.6 is 23.4 Å². The van der Waals surface area contributed by atoms with Crippen LogP contribution in [0, 0.1) is 0 Å². The van der Waals surface area contributed by atoms with Gasteiger partial charge < -0.3 is 14.8 Å². The van der Waals surface area contributed by atoms with Gasteiger partial charge in [-0.15, -0.1) is 5.10 Å². The Morgan fingerprint density at radius 1 is 1.08 bits per heavy atom. The molecule has 39 heavy (non-hydrogen) atoms. The number of ether oxygens (including phenoxy) is 2. The molecule has 5 rings (SSSR count). The van der Waals surface area contributed by atoms with Crippen molar-refractivity contribution in [3.05, 3.63) is 112 Å². The van der Waals surface area contributed by atoms with E-state index in [2.05, 4.69) is 5.32 Å². The molecule has 4 aromatic rings. The minimum atomic E-state index is -0.553. The number of nitrogens with one attached hydrogen (secondary N) is 1. The topological polar surface area (TPSA) is 78.3 Å². The number of carbonyl (C=O) groups excluding carboxylic acids is 1. The minimum Gasteiger partial charge on any atom is -0.491 e.